The zero-order chi connectivity index (χ0) is 23.0. The van der Waals surface area contributed by atoms with Crippen molar-refractivity contribution in [3.63, 3.8) is 0 Å². The fraction of sp³-hybridized carbons (Fsp3) is 0.500. The molecule has 0 saturated carbocycles. The first-order valence-corrected chi connectivity index (χ1v) is 9.99. The Kier molecular flexibility index (Phi) is 16.8. The van der Waals surface area contributed by atoms with E-state index in [-0.39, 0.29) is 0 Å². The topological polar surface area (TPSA) is 210 Å². The first-order chi connectivity index (χ1) is 13.4. The first kappa shape index (κ1) is 29.0. The van der Waals surface area contributed by atoms with Gasteiger partial charge in [0.2, 0.25) is 0 Å². The van der Waals surface area contributed by atoms with Gasteiger partial charge in [-0.25, -0.2) is 0 Å². The molecule has 0 amide bonds. The zero-order valence-electron chi connectivity index (χ0n) is 16.5. The minimum absolute atomic E-state index is 0.385. The molecule has 0 aromatic heterocycles. The number of benzene rings is 1. The molecular formula is C18H31N3O7S. The normalized spacial score (nSPS) is 14.0. The smallest absolute Gasteiger partial charge is 0.323 e. The Morgan fingerprint density at radius 1 is 0.931 bits per heavy atom. The van der Waals surface area contributed by atoms with Crippen LogP contribution in [0.2, 0.25) is 0 Å². The predicted octanol–water partition coefficient (Wildman–Crippen LogP) is -0.428. The number of carboxylic acids is 3. The zero-order valence-corrected chi connectivity index (χ0v) is 17.3. The van der Waals surface area contributed by atoms with Crippen LogP contribution in [0.25, 0.3) is 0 Å². The maximum atomic E-state index is 10.4. The third-order valence-electron chi connectivity index (χ3n) is 3.37. The molecule has 0 bridgehead atoms. The highest BCUT2D eigenvalue weighted by Crippen LogP contribution is 2.01. The maximum Gasteiger partial charge on any atom is 0.323 e. The van der Waals surface area contributed by atoms with Gasteiger partial charge in [0.25, 0.3) is 0 Å². The van der Waals surface area contributed by atoms with Crippen LogP contribution in [0.3, 0.4) is 0 Å². The van der Waals surface area contributed by atoms with Crippen LogP contribution in [0.4, 0.5) is 0 Å². The number of rotatable bonds is 9. The second kappa shape index (κ2) is 16.7. The van der Waals surface area contributed by atoms with Crippen molar-refractivity contribution in [2.45, 2.75) is 44.0 Å². The maximum absolute atomic E-state index is 10.4. The number of aliphatic carboxylic acids is 3. The molecule has 10 nitrogen and oxygen atoms in total. The summed E-state index contributed by atoms with van der Waals surface area (Å²) in [7, 11) is 0. The Morgan fingerprint density at radius 3 is 1.72 bits per heavy atom. The summed E-state index contributed by atoms with van der Waals surface area (Å²) in [5.41, 5.74) is 16.4. The number of carbonyl (C=O) groups is 3. The second-order valence-corrected chi connectivity index (χ2v) is 6.95. The molecule has 0 saturated heterocycles. The number of aliphatic hydroxyl groups is 1. The summed E-state index contributed by atoms with van der Waals surface area (Å²) in [6.45, 7) is 1.33. The molecule has 0 aliphatic rings. The first-order valence-electron chi connectivity index (χ1n) is 8.60. The summed E-state index contributed by atoms with van der Waals surface area (Å²) in [6, 6.07) is 6.70. The molecule has 11 heteroatoms. The minimum Gasteiger partial charge on any atom is -0.480 e. The van der Waals surface area contributed by atoms with Gasteiger partial charge < -0.3 is 37.6 Å². The Bertz CT molecular complexity index is 602. The van der Waals surface area contributed by atoms with Gasteiger partial charge in [0.1, 0.15) is 18.1 Å². The molecule has 4 atom stereocenters. The van der Waals surface area contributed by atoms with E-state index in [1.165, 1.54) is 6.92 Å². The highest BCUT2D eigenvalue weighted by Gasteiger charge is 2.16. The SMILES string of the molecule is CC(O)C(N)C(=O)O.CSCCC(N)C(=O)O.NC(Cc1ccccc1)C(=O)O. The molecule has 0 aliphatic heterocycles. The van der Waals surface area contributed by atoms with Gasteiger partial charge in [-0.15, -0.1) is 0 Å². The highest BCUT2D eigenvalue weighted by atomic mass is 32.2. The van der Waals surface area contributed by atoms with Gasteiger partial charge in [-0.3, -0.25) is 14.4 Å². The van der Waals surface area contributed by atoms with Crippen molar-refractivity contribution in [3.05, 3.63) is 35.9 Å². The Balaban J connectivity index is 0. The van der Waals surface area contributed by atoms with Gasteiger partial charge >= 0.3 is 17.9 Å². The second-order valence-electron chi connectivity index (χ2n) is 5.97. The molecule has 0 spiro atoms. The minimum atomic E-state index is -1.18. The fourth-order valence-electron chi connectivity index (χ4n) is 1.53. The van der Waals surface area contributed by atoms with Gasteiger partial charge in [0.05, 0.1) is 6.10 Å². The van der Waals surface area contributed by atoms with E-state index in [1.54, 1.807) is 11.8 Å². The van der Waals surface area contributed by atoms with Gasteiger partial charge in [-0.05, 0) is 37.3 Å². The summed E-state index contributed by atoms with van der Waals surface area (Å²) >= 11 is 1.60. The van der Waals surface area contributed by atoms with E-state index in [0.717, 1.165) is 11.3 Å². The molecular weight excluding hydrogens is 402 g/mol. The number of aliphatic hydroxyl groups excluding tert-OH is 1. The number of hydrogen-bond donors (Lipinski definition) is 7. The summed E-state index contributed by atoms with van der Waals surface area (Å²) < 4.78 is 0. The quantitative estimate of drug-likeness (QED) is 0.265. The van der Waals surface area contributed by atoms with Crippen molar-refractivity contribution in [1.29, 1.82) is 0 Å². The average Bonchev–Trinajstić information content (AvgIpc) is 2.66. The van der Waals surface area contributed by atoms with E-state index >= 15 is 0 Å². The fourth-order valence-corrected chi connectivity index (χ4v) is 2.02. The van der Waals surface area contributed by atoms with Crippen LogP contribution in [0, 0.1) is 0 Å². The third kappa shape index (κ3) is 16.5. The lowest BCUT2D eigenvalue weighted by Gasteiger charge is -2.06. The molecule has 1 aromatic rings. The van der Waals surface area contributed by atoms with Crippen molar-refractivity contribution in [2.24, 2.45) is 17.2 Å². The summed E-state index contributed by atoms with van der Waals surface area (Å²) in [5.74, 6) is -2.24. The van der Waals surface area contributed by atoms with Gasteiger partial charge in [0, 0.05) is 0 Å². The van der Waals surface area contributed by atoms with E-state index in [4.69, 9.17) is 37.6 Å². The van der Waals surface area contributed by atoms with E-state index in [1.807, 2.05) is 36.6 Å². The number of carboxylic acid groups (broad SMARTS) is 3. The van der Waals surface area contributed by atoms with Crippen LogP contribution in [0.1, 0.15) is 18.9 Å². The molecule has 0 radical (unpaired) electrons. The highest BCUT2D eigenvalue weighted by molar-refractivity contribution is 7.98. The molecule has 29 heavy (non-hydrogen) atoms. The van der Waals surface area contributed by atoms with Crippen LogP contribution in [0.15, 0.2) is 30.3 Å². The summed E-state index contributed by atoms with van der Waals surface area (Å²) in [4.78, 5) is 30.3. The van der Waals surface area contributed by atoms with Crippen LogP contribution < -0.4 is 17.2 Å². The molecule has 10 N–H and O–H groups in total. The van der Waals surface area contributed by atoms with Crippen LogP contribution in [-0.2, 0) is 20.8 Å². The van der Waals surface area contributed by atoms with Crippen molar-refractivity contribution in [2.75, 3.05) is 12.0 Å². The van der Waals surface area contributed by atoms with E-state index in [9.17, 15) is 14.4 Å². The lowest BCUT2D eigenvalue weighted by atomic mass is 10.1. The molecule has 1 rings (SSSR count). The Morgan fingerprint density at radius 2 is 1.41 bits per heavy atom. The van der Waals surface area contributed by atoms with E-state index in [0.29, 0.717) is 12.8 Å². The van der Waals surface area contributed by atoms with Crippen LogP contribution in [-0.4, -0.2) is 74.6 Å². The summed E-state index contributed by atoms with van der Waals surface area (Å²) in [5, 5.41) is 33.3. The van der Waals surface area contributed by atoms with E-state index in [2.05, 4.69) is 0 Å². The van der Waals surface area contributed by atoms with Crippen molar-refractivity contribution >= 4 is 29.7 Å². The Hall–Kier alpha value is -2.18. The van der Waals surface area contributed by atoms with Crippen LogP contribution >= 0.6 is 11.8 Å². The molecule has 0 aliphatic carbocycles. The summed E-state index contributed by atoms with van der Waals surface area (Å²) in [6.07, 6.45) is 1.88. The largest absolute Gasteiger partial charge is 0.480 e. The monoisotopic (exact) mass is 433 g/mol. The lowest BCUT2D eigenvalue weighted by Crippen LogP contribution is -2.39. The molecule has 0 fully saturated rings. The molecule has 0 heterocycles. The van der Waals surface area contributed by atoms with Crippen LogP contribution in [0.5, 0.6) is 0 Å². The molecule has 166 valence electrons. The molecule has 4 unspecified atom stereocenters. The average molecular weight is 434 g/mol. The standard InChI is InChI=1S/C9H11NO2.C5H11NO2S.C4H9NO3/c10-8(9(11)12)6-7-4-2-1-3-5-7;1-9-3-2-4(6)5(7)8;1-2(6)3(5)4(7)8/h1-5,8H,6,10H2,(H,11,12);4H,2-3,6H2,1H3,(H,7,8);2-3,6H,5H2,1H3,(H,7,8). The van der Waals surface area contributed by atoms with E-state index < -0.39 is 42.1 Å². The van der Waals surface area contributed by atoms with Crippen molar-refractivity contribution in [3.8, 4) is 0 Å². The lowest BCUT2D eigenvalue weighted by molar-refractivity contribution is -0.141. The third-order valence-corrected chi connectivity index (χ3v) is 4.01. The number of nitrogens with two attached hydrogens (primary N) is 3. The van der Waals surface area contributed by atoms with Gasteiger partial charge in [-0.2, -0.15) is 11.8 Å². The van der Waals surface area contributed by atoms with Gasteiger partial charge in [0.15, 0.2) is 0 Å². The molecule has 1 aromatic carbocycles. The predicted molar refractivity (Wildman–Crippen MR) is 112 cm³/mol. The number of hydrogen-bond acceptors (Lipinski definition) is 8. The number of thioether (sulfide) groups is 1. The van der Waals surface area contributed by atoms with Gasteiger partial charge in [-0.1, -0.05) is 30.3 Å². The van der Waals surface area contributed by atoms with Crippen molar-refractivity contribution in [1.82, 2.24) is 0 Å². The van der Waals surface area contributed by atoms with Crippen molar-refractivity contribution < 1.29 is 34.8 Å². The Labute approximate surface area is 174 Å².